The fourth-order valence-electron chi connectivity index (χ4n) is 2.59. The maximum Gasteiger partial charge on any atom is 0.255 e. The first kappa shape index (κ1) is 13.8. The molecule has 0 spiro atoms. The van der Waals surface area contributed by atoms with E-state index in [4.69, 9.17) is 4.74 Å². The van der Waals surface area contributed by atoms with E-state index >= 15 is 0 Å². The molecule has 21 heavy (non-hydrogen) atoms. The second kappa shape index (κ2) is 5.65. The molecule has 1 saturated heterocycles. The van der Waals surface area contributed by atoms with Gasteiger partial charge in [-0.05, 0) is 26.0 Å². The summed E-state index contributed by atoms with van der Waals surface area (Å²) in [6, 6.07) is 3.62. The second-order valence-corrected chi connectivity index (χ2v) is 5.34. The Bertz CT molecular complexity index is 599. The van der Waals surface area contributed by atoms with Crippen LogP contribution >= 0.6 is 0 Å². The number of carbonyl (C=O) groups excluding carboxylic acids is 1. The molecule has 3 rings (SSSR count). The quantitative estimate of drug-likeness (QED) is 0.839. The van der Waals surface area contributed by atoms with E-state index in [2.05, 4.69) is 9.97 Å². The van der Waals surface area contributed by atoms with Crippen LogP contribution in [0, 0.1) is 0 Å². The lowest BCUT2D eigenvalue weighted by molar-refractivity contribution is -0.0586. The molecule has 3 heterocycles. The standard InChI is InChI=1S/C15H18N4O2/c1-11-8-19(9-12(2)21-11)15(20)13-3-4-14(17-7-13)18-6-5-16-10-18/h3-7,10-12H,8-9H2,1-2H3/t11-,12+. The number of aromatic nitrogens is 3. The molecular formula is C15H18N4O2. The average molecular weight is 286 g/mol. The Morgan fingerprint density at radius 1 is 1.29 bits per heavy atom. The van der Waals surface area contributed by atoms with Gasteiger partial charge in [0.15, 0.2) is 0 Å². The van der Waals surface area contributed by atoms with Gasteiger partial charge in [0.05, 0.1) is 17.8 Å². The number of morpholine rings is 1. The zero-order valence-corrected chi connectivity index (χ0v) is 12.1. The highest BCUT2D eigenvalue weighted by Gasteiger charge is 2.26. The number of carbonyl (C=O) groups is 1. The van der Waals surface area contributed by atoms with Gasteiger partial charge in [-0.25, -0.2) is 9.97 Å². The van der Waals surface area contributed by atoms with Crippen LogP contribution < -0.4 is 0 Å². The van der Waals surface area contributed by atoms with Crippen LogP contribution in [0.25, 0.3) is 5.82 Å². The molecule has 6 nitrogen and oxygen atoms in total. The molecule has 1 aliphatic rings. The first-order valence-corrected chi connectivity index (χ1v) is 7.02. The van der Waals surface area contributed by atoms with Gasteiger partial charge in [0, 0.05) is 31.7 Å². The molecule has 0 radical (unpaired) electrons. The van der Waals surface area contributed by atoms with Crippen molar-refractivity contribution in [3.05, 3.63) is 42.6 Å². The first-order chi connectivity index (χ1) is 10.1. The third kappa shape index (κ3) is 2.95. The van der Waals surface area contributed by atoms with Crippen molar-refractivity contribution in [2.24, 2.45) is 0 Å². The Kier molecular flexibility index (Phi) is 3.70. The van der Waals surface area contributed by atoms with Crippen molar-refractivity contribution in [1.82, 2.24) is 19.4 Å². The van der Waals surface area contributed by atoms with Crippen molar-refractivity contribution in [2.45, 2.75) is 26.1 Å². The molecule has 0 N–H and O–H groups in total. The summed E-state index contributed by atoms with van der Waals surface area (Å²) in [7, 11) is 0. The van der Waals surface area contributed by atoms with Gasteiger partial charge in [-0.1, -0.05) is 0 Å². The van der Waals surface area contributed by atoms with Crippen LogP contribution in [0.2, 0.25) is 0 Å². The molecule has 0 aromatic carbocycles. The van der Waals surface area contributed by atoms with Gasteiger partial charge in [-0.3, -0.25) is 9.36 Å². The maximum absolute atomic E-state index is 12.5. The fraction of sp³-hybridized carbons (Fsp3) is 0.400. The van der Waals surface area contributed by atoms with Gasteiger partial charge >= 0.3 is 0 Å². The van der Waals surface area contributed by atoms with Gasteiger partial charge in [0.25, 0.3) is 5.91 Å². The highest BCUT2D eigenvalue weighted by atomic mass is 16.5. The van der Waals surface area contributed by atoms with Crippen molar-refractivity contribution in [3.63, 3.8) is 0 Å². The minimum Gasteiger partial charge on any atom is -0.372 e. The highest BCUT2D eigenvalue weighted by Crippen LogP contribution is 2.14. The minimum absolute atomic E-state index is 0.00156. The van der Waals surface area contributed by atoms with Crippen LogP contribution in [-0.4, -0.2) is 50.6 Å². The van der Waals surface area contributed by atoms with Crippen molar-refractivity contribution in [2.75, 3.05) is 13.1 Å². The van der Waals surface area contributed by atoms with Crippen LogP contribution in [0.4, 0.5) is 0 Å². The van der Waals surface area contributed by atoms with Crippen molar-refractivity contribution < 1.29 is 9.53 Å². The third-order valence-corrected chi connectivity index (χ3v) is 3.47. The lowest BCUT2D eigenvalue weighted by atomic mass is 10.2. The summed E-state index contributed by atoms with van der Waals surface area (Å²) in [6.07, 6.45) is 6.93. The first-order valence-electron chi connectivity index (χ1n) is 7.02. The molecule has 0 saturated carbocycles. The molecule has 110 valence electrons. The maximum atomic E-state index is 12.5. The van der Waals surface area contributed by atoms with E-state index in [1.165, 1.54) is 0 Å². The summed E-state index contributed by atoms with van der Waals surface area (Å²) in [5.74, 6) is 0.745. The molecule has 2 aromatic rings. The Labute approximate surface area is 123 Å². The van der Waals surface area contributed by atoms with Gasteiger partial charge in [-0.15, -0.1) is 0 Å². The third-order valence-electron chi connectivity index (χ3n) is 3.47. The summed E-state index contributed by atoms with van der Waals surface area (Å²) in [4.78, 5) is 22.6. The van der Waals surface area contributed by atoms with Crippen molar-refractivity contribution in [3.8, 4) is 5.82 Å². The normalized spacial score (nSPS) is 22.3. The summed E-state index contributed by atoms with van der Waals surface area (Å²) >= 11 is 0. The summed E-state index contributed by atoms with van der Waals surface area (Å²) in [6.45, 7) is 5.20. The number of ether oxygens (including phenoxy) is 1. The number of imidazole rings is 1. The molecular weight excluding hydrogens is 268 g/mol. The smallest absolute Gasteiger partial charge is 0.255 e. The predicted octanol–water partition coefficient (Wildman–Crippen LogP) is 1.52. The van der Waals surface area contributed by atoms with E-state index in [-0.39, 0.29) is 18.1 Å². The monoisotopic (exact) mass is 286 g/mol. The zero-order valence-electron chi connectivity index (χ0n) is 12.1. The molecule has 2 aromatic heterocycles. The van der Waals surface area contributed by atoms with Crippen molar-refractivity contribution >= 4 is 5.91 Å². The summed E-state index contributed by atoms with van der Waals surface area (Å²) in [5, 5.41) is 0. The number of rotatable bonds is 2. The number of hydrogen-bond donors (Lipinski definition) is 0. The number of amides is 1. The van der Waals surface area contributed by atoms with E-state index in [1.54, 1.807) is 29.4 Å². The Balaban J connectivity index is 1.76. The Morgan fingerprint density at radius 3 is 2.62 bits per heavy atom. The van der Waals surface area contributed by atoms with Gasteiger partial charge in [0.1, 0.15) is 12.1 Å². The topological polar surface area (TPSA) is 60.2 Å². The second-order valence-electron chi connectivity index (χ2n) is 5.34. The minimum atomic E-state index is 0.00156. The molecule has 1 amide bonds. The van der Waals surface area contributed by atoms with E-state index < -0.39 is 0 Å². The number of hydrogen-bond acceptors (Lipinski definition) is 4. The van der Waals surface area contributed by atoms with Crippen LogP contribution in [0.15, 0.2) is 37.1 Å². The van der Waals surface area contributed by atoms with Gasteiger partial charge < -0.3 is 9.64 Å². The van der Waals surface area contributed by atoms with E-state index in [9.17, 15) is 4.79 Å². The van der Waals surface area contributed by atoms with Crippen LogP contribution in [-0.2, 0) is 4.74 Å². The van der Waals surface area contributed by atoms with E-state index in [0.29, 0.717) is 18.7 Å². The lowest BCUT2D eigenvalue weighted by Gasteiger charge is -2.35. The zero-order chi connectivity index (χ0) is 14.8. The molecule has 1 fully saturated rings. The Morgan fingerprint density at radius 2 is 2.05 bits per heavy atom. The number of nitrogens with zero attached hydrogens (tertiary/aromatic N) is 4. The van der Waals surface area contributed by atoms with E-state index in [1.807, 2.05) is 31.0 Å². The summed E-state index contributed by atoms with van der Waals surface area (Å²) in [5.41, 5.74) is 0.597. The molecule has 0 aliphatic carbocycles. The van der Waals surface area contributed by atoms with Crippen LogP contribution in [0.1, 0.15) is 24.2 Å². The van der Waals surface area contributed by atoms with E-state index in [0.717, 1.165) is 5.82 Å². The van der Waals surface area contributed by atoms with Gasteiger partial charge in [-0.2, -0.15) is 0 Å². The molecule has 0 bridgehead atoms. The van der Waals surface area contributed by atoms with Crippen molar-refractivity contribution in [1.29, 1.82) is 0 Å². The molecule has 2 atom stereocenters. The molecule has 0 unspecified atom stereocenters. The highest BCUT2D eigenvalue weighted by molar-refractivity contribution is 5.94. The Hall–Kier alpha value is -2.21. The summed E-state index contributed by atoms with van der Waals surface area (Å²) < 4.78 is 7.45. The predicted molar refractivity (Wildman–Crippen MR) is 77.3 cm³/mol. The largest absolute Gasteiger partial charge is 0.372 e. The fourth-order valence-corrected chi connectivity index (χ4v) is 2.59. The molecule has 1 aliphatic heterocycles. The van der Waals surface area contributed by atoms with Gasteiger partial charge in [0.2, 0.25) is 0 Å². The van der Waals surface area contributed by atoms with Crippen LogP contribution in [0.3, 0.4) is 0 Å². The molecule has 6 heteroatoms. The SMILES string of the molecule is C[C@@H]1CN(C(=O)c2ccc(-n3ccnc3)nc2)C[C@H](C)O1. The number of pyridine rings is 1. The average Bonchev–Trinajstić information content (AvgIpc) is 3.00. The lowest BCUT2D eigenvalue weighted by Crippen LogP contribution is -2.48. The van der Waals surface area contributed by atoms with Crippen LogP contribution in [0.5, 0.6) is 0 Å².